The molecule has 0 aliphatic carbocycles. The second-order valence-electron chi connectivity index (χ2n) is 3.49. The highest BCUT2D eigenvalue weighted by Gasteiger charge is 2.09. The number of hydrogen-bond donors (Lipinski definition) is 1. The van der Waals surface area contributed by atoms with Crippen LogP contribution in [0.5, 0.6) is 0 Å². The van der Waals surface area contributed by atoms with Crippen molar-refractivity contribution in [2.75, 3.05) is 23.8 Å². The smallest absolute Gasteiger partial charge is 0.349 e. The van der Waals surface area contributed by atoms with Gasteiger partial charge in [-0.3, -0.25) is 0 Å². The largest absolute Gasteiger partial charge is 0.359 e. The summed E-state index contributed by atoms with van der Waals surface area (Å²) >= 11 is 3.37. The van der Waals surface area contributed by atoms with Crippen molar-refractivity contribution in [3.63, 3.8) is 0 Å². The Kier molecular flexibility index (Phi) is 2.95. The minimum atomic E-state index is -0.255. The fourth-order valence-corrected chi connectivity index (χ4v) is 2.05. The minimum Gasteiger partial charge on any atom is -0.359 e. The van der Waals surface area contributed by atoms with Crippen LogP contribution in [0.25, 0.3) is 5.65 Å². The van der Waals surface area contributed by atoms with E-state index in [1.54, 1.807) is 13.0 Å². The molecule has 0 bridgehead atoms. The van der Waals surface area contributed by atoms with Gasteiger partial charge in [-0.05, 0) is 6.92 Å². The minimum absolute atomic E-state index is 0.255. The van der Waals surface area contributed by atoms with E-state index in [0.717, 1.165) is 17.7 Å². The Bertz CT molecular complexity index is 561. The molecule has 0 amide bonds. The number of nitrogens with zero attached hydrogens (tertiary/aromatic N) is 4. The van der Waals surface area contributed by atoms with Crippen molar-refractivity contribution < 1.29 is 0 Å². The van der Waals surface area contributed by atoms with E-state index in [2.05, 4.69) is 31.1 Å². The van der Waals surface area contributed by atoms with Crippen molar-refractivity contribution in [2.45, 2.75) is 6.92 Å². The summed E-state index contributed by atoms with van der Waals surface area (Å²) in [4.78, 5) is 17.8. The molecule has 0 saturated carbocycles. The van der Waals surface area contributed by atoms with Crippen LogP contribution < -0.4 is 10.6 Å². The zero-order valence-corrected chi connectivity index (χ0v) is 10.7. The number of H-pyrrole nitrogens is 1. The number of aromatic nitrogens is 4. The van der Waals surface area contributed by atoms with Gasteiger partial charge in [0.2, 0.25) is 0 Å². The first-order chi connectivity index (χ1) is 7.63. The molecule has 16 heavy (non-hydrogen) atoms. The normalized spacial score (nSPS) is 10.9. The van der Waals surface area contributed by atoms with Gasteiger partial charge in [0.05, 0.1) is 0 Å². The molecule has 0 unspecified atom stereocenters. The lowest BCUT2D eigenvalue weighted by Crippen LogP contribution is -2.22. The molecule has 2 heterocycles. The fourth-order valence-electron chi connectivity index (χ4n) is 1.52. The van der Waals surface area contributed by atoms with E-state index in [9.17, 15) is 4.79 Å². The van der Waals surface area contributed by atoms with Crippen molar-refractivity contribution in [2.24, 2.45) is 0 Å². The molecule has 2 aromatic heterocycles. The van der Waals surface area contributed by atoms with Crippen LogP contribution in [0.4, 0.5) is 5.82 Å². The molecule has 7 heteroatoms. The number of anilines is 1. The molecule has 0 fully saturated rings. The van der Waals surface area contributed by atoms with Crippen LogP contribution in [0, 0.1) is 6.92 Å². The molecule has 86 valence electrons. The van der Waals surface area contributed by atoms with Gasteiger partial charge in [-0.2, -0.15) is 5.10 Å². The monoisotopic (exact) mass is 285 g/mol. The summed E-state index contributed by atoms with van der Waals surface area (Å²) in [7, 11) is 1.95. The molecule has 0 atom stereocenters. The fraction of sp³-hybridized carbons (Fsp3) is 0.444. The molecular weight excluding hydrogens is 274 g/mol. The topological polar surface area (TPSA) is 66.3 Å². The van der Waals surface area contributed by atoms with Crippen molar-refractivity contribution in [1.82, 2.24) is 19.6 Å². The molecule has 6 nitrogen and oxygen atoms in total. The van der Waals surface area contributed by atoms with Gasteiger partial charge in [-0.25, -0.2) is 19.3 Å². The highest BCUT2D eigenvalue weighted by Crippen LogP contribution is 2.11. The van der Waals surface area contributed by atoms with Crippen molar-refractivity contribution >= 4 is 27.4 Å². The number of hydrogen-bond acceptors (Lipinski definition) is 4. The Hall–Kier alpha value is -1.37. The van der Waals surface area contributed by atoms with Crippen LogP contribution >= 0.6 is 15.9 Å². The standard InChI is InChI=1S/C9H12BrN5O/c1-6-11-7(14(2)4-3-10)5-8-12-13-9(16)15(6)8/h5H,3-4H2,1-2H3,(H,13,16). The van der Waals surface area contributed by atoms with Crippen LogP contribution in [0.3, 0.4) is 0 Å². The summed E-state index contributed by atoms with van der Waals surface area (Å²) in [5.41, 5.74) is 0.337. The van der Waals surface area contributed by atoms with Crippen molar-refractivity contribution in [1.29, 1.82) is 0 Å². The summed E-state index contributed by atoms with van der Waals surface area (Å²) in [6.45, 7) is 2.63. The number of aromatic amines is 1. The lowest BCUT2D eigenvalue weighted by molar-refractivity contribution is 0.891. The van der Waals surface area contributed by atoms with Crippen LogP contribution in [0.15, 0.2) is 10.9 Å². The van der Waals surface area contributed by atoms with Gasteiger partial charge in [0, 0.05) is 25.0 Å². The maximum Gasteiger partial charge on any atom is 0.349 e. The average molecular weight is 286 g/mol. The summed E-state index contributed by atoms with van der Waals surface area (Å²) in [5, 5.41) is 7.20. The van der Waals surface area contributed by atoms with Gasteiger partial charge < -0.3 is 4.90 Å². The lowest BCUT2D eigenvalue weighted by atomic mass is 10.4. The van der Waals surface area contributed by atoms with Crippen LogP contribution in [-0.4, -0.2) is 38.5 Å². The Morgan fingerprint density at radius 3 is 3.06 bits per heavy atom. The van der Waals surface area contributed by atoms with Gasteiger partial charge in [0.15, 0.2) is 5.65 Å². The quantitative estimate of drug-likeness (QED) is 0.837. The average Bonchev–Trinajstić information content (AvgIpc) is 2.61. The van der Waals surface area contributed by atoms with E-state index in [1.807, 2.05) is 11.9 Å². The summed E-state index contributed by atoms with van der Waals surface area (Å²) in [5.74, 6) is 1.44. The Morgan fingerprint density at radius 1 is 1.62 bits per heavy atom. The van der Waals surface area contributed by atoms with Gasteiger partial charge in [0.25, 0.3) is 0 Å². The molecule has 0 spiro atoms. The van der Waals surface area contributed by atoms with Gasteiger partial charge in [-0.15, -0.1) is 0 Å². The summed E-state index contributed by atoms with van der Waals surface area (Å²) < 4.78 is 1.45. The molecule has 0 saturated heterocycles. The zero-order valence-electron chi connectivity index (χ0n) is 9.07. The van der Waals surface area contributed by atoms with Gasteiger partial charge in [0.1, 0.15) is 11.6 Å². The summed E-state index contributed by atoms with van der Waals surface area (Å²) in [6.07, 6.45) is 0. The predicted octanol–water partition coefficient (Wildman–Crippen LogP) is 0.557. The molecule has 0 aliphatic rings. The van der Waals surface area contributed by atoms with Gasteiger partial charge in [-0.1, -0.05) is 15.9 Å². The molecule has 0 aliphatic heterocycles. The first kappa shape index (κ1) is 11.1. The SMILES string of the molecule is Cc1nc(N(C)CCBr)cc2n[nH]c(=O)n12. The maximum absolute atomic E-state index is 11.4. The molecular formula is C9H12BrN5O. The molecule has 2 rings (SSSR count). The second-order valence-corrected chi connectivity index (χ2v) is 4.29. The number of rotatable bonds is 3. The molecule has 0 aromatic carbocycles. The Morgan fingerprint density at radius 2 is 2.38 bits per heavy atom. The third-order valence-corrected chi connectivity index (χ3v) is 2.72. The van der Waals surface area contributed by atoms with E-state index < -0.39 is 0 Å². The van der Waals surface area contributed by atoms with Crippen molar-refractivity contribution in [3.05, 3.63) is 22.4 Å². The highest BCUT2D eigenvalue weighted by atomic mass is 79.9. The van der Waals surface area contributed by atoms with E-state index >= 15 is 0 Å². The van der Waals surface area contributed by atoms with E-state index in [4.69, 9.17) is 0 Å². The number of nitrogens with one attached hydrogen (secondary N) is 1. The van der Waals surface area contributed by atoms with E-state index in [-0.39, 0.29) is 5.69 Å². The predicted molar refractivity (Wildman–Crippen MR) is 65.4 cm³/mol. The van der Waals surface area contributed by atoms with E-state index in [0.29, 0.717) is 11.5 Å². The number of fused-ring (bicyclic) bond motifs is 1. The maximum atomic E-state index is 11.4. The van der Waals surface area contributed by atoms with Crippen LogP contribution in [-0.2, 0) is 0 Å². The third-order valence-electron chi connectivity index (χ3n) is 2.37. The first-order valence-corrected chi connectivity index (χ1v) is 5.97. The number of aryl methyl sites for hydroxylation is 1. The Balaban J connectivity index is 2.54. The molecule has 1 N–H and O–H groups in total. The Labute approximate surface area is 100 Å². The first-order valence-electron chi connectivity index (χ1n) is 4.85. The van der Waals surface area contributed by atoms with Gasteiger partial charge >= 0.3 is 5.69 Å². The lowest BCUT2D eigenvalue weighted by Gasteiger charge is -2.16. The number of alkyl halides is 1. The third kappa shape index (κ3) is 1.82. The van der Waals surface area contributed by atoms with E-state index in [1.165, 1.54) is 4.40 Å². The van der Waals surface area contributed by atoms with Crippen LogP contribution in [0.2, 0.25) is 0 Å². The number of halogens is 1. The molecule has 2 aromatic rings. The molecule has 0 radical (unpaired) electrons. The second kappa shape index (κ2) is 4.25. The van der Waals surface area contributed by atoms with Crippen LogP contribution in [0.1, 0.15) is 5.82 Å². The van der Waals surface area contributed by atoms with Crippen molar-refractivity contribution in [3.8, 4) is 0 Å². The highest BCUT2D eigenvalue weighted by molar-refractivity contribution is 9.09. The zero-order chi connectivity index (χ0) is 11.7. The summed E-state index contributed by atoms with van der Waals surface area (Å²) in [6, 6.07) is 1.79.